The van der Waals surface area contributed by atoms with E-state index in [0.717, 1.165) is 11.1 Å². The van der Waals surface area contributed by atoms with Gasteiger partial charge >= 0.3 is 0 Å². The summed E-state index contributed by atoms with van der Waals surface area (Å²) in [6.45, 7) is 3.73. The Balaban J connectivity index is 2.34. The van der Waals surface area contributed by atoms with Crippen LogP contribution in [0.5, 0.6) is 0 Å². The quantitative estimate of drug-likeness (QED) is 0.796. The molecule has 2 aromatic carbocycles. The third kappa shape index (κ3) is 3.95. The Kier molecular flexibility index (Phi) is 4.66. The molecule has 0 N–H and O–H groups in total. The number of rotatable bonds is 5. The molecule has 2 rings (SSSR count). The van der Waals surface area contributed by atoms with Gasteiger partial charge in [-0.05, 0) is 43.7 Å². The Hall–Kier alpha value is -2.14. The van der Waals surface area contributed by atoms with Crippen molar-refractivity contribution in [1.82, 2.24) is 0 Å². The van der Waals surface area contributed by atoms with Crippen LogP contribution in [0.1, 0.15) is 28.4 Å². The van der Waals surface area contributed by atoms with Gasteiger partial charge in [-0.15, -0.1) is 0 Å². The average molecular weight is 317 g/mol. The van der Waals surface area contributed by atoms with Crippen molar-refractivity contribution in [2.24, 2.45) is 0 Å². The molecule has 0 saturated heterocycles. The minimum Gasteiger partial charge on any atom is -0.295 e. The topological polar surface area (TPSA) is 54.5 Å². The van der Waals surface area contributed by atoms with Crippen LogP contribution in [0.4, 0.5) is 5.69 Å². The van der Waals surface area contributed by atoms with Crippen molar-refractivity contribution in [3.63, 3.8) is 0 Å². The molecule has 0 unspecified atom stereocenters. The summed E-state index contributed by atoms with van der Waals surface area (Å²) in [6, 6.07) is 14.3. The van der Waals surface area contributed by atoms with Gasteiger partial charge < -0.3 is 0 Å². The van der Waals surface area contributed by atoms with Gasteiger partial charge in [0.05, 0.1) is 18.5 Å². The first kappa shape index (κ1) is 16.2. The smallest absolute Gasteiger partial charge is 0.232 e. The highest BCUT2D eigenvalue weighted by atomic mass is 32.2. The van der Waals surface area contributed by atoms with Crippen LogP contribution in [0, 0.1) is 6.92 Å². The fourth-order valence-corrected chi connectivity index (χ4v) is 3.01. The van der Waals surface area contributed by atoms with E-state index < -0.39 is 10.0 Å². The van der Waals surface area contributed by atoms with Crippen LogP contribution in [0.2, 0.25) is 0 Å². The molecular weight excluding hydrogens is 298 g/mol. The third-order valence-electron chi connectivity index (χ3n) is 3.41. The Labute approximate surface area is 131 Å². The summed E-state index contributed by atoms with van der Waals surface area (Å²) in [4.78, 5) is 11.3. The lowest BCUT2D eigenvalue weighted by molar-refractivity contribution is 0.101. The molecule has 0 heterocycles. The van der Waals surface area contributed by atoms with E-state index >= 15 is 0 Å². The molecule has 0 atom stereocenters. The Morgan fingerprint density at radius 1 is 1.00 bits per heavy atom. The van der Waals surface area contributed by atoms with Crippen molar-refractivity contribution in [3.8, 4) is 0 Å². The van der Waals surface area contributed by atoms with Crippen LogP contribution in [0.15, 0.2) is 48.5 Å². The summed E-state index contributed by atoms with van der Waals surface area (Å²) in [5.74, 6) is -0.0454. The largest absolute Gasteiger partial charge is 0.295 e. The fourth-order valence-electron chi connectivity index (χ4n) is 2.12. The Morgan fingerprint density at radius 2 is 1.55 bits per heavy atom. The lowest BCUT2D eigenvalue weighted by Gasteiger charge is -2.22. The SMILES string of the molecule is CC(=O)c1ccc(N(Cc2ccc(C)cc2)S(C)(=O)=O)cc1. The monoisotopic (exact) mass is 317 g/mol. The third-order valence-corrected chi connectivity index (χ3v) is 4.55. The number of sulfonamides is 1. The maximum Gasteiger partial charge on any atom is 0.232 e. The predicted molar refractivity (Wildman–Crippen MR) is 88.7 cm³/mol. The van der Waals surface area contributed by atoms with Crippen molar-refractivity contribution in [1.29, 1.82) is 0 Å². The second-order valence-electron chi connectivity index (χ2n) is 5.36. The van der Waals surface area contributed by atoms with Gasteiger partial charge in [0.25, 0.3) is 0 Å². The summed E-state index contributed by atoms with van der Waals surface area (Å²) < 4.78 is 25.5. The molecule has 0 amide bonds. The Morgan fingerprint density at radius 3 is 2.00 bits per heavy atom. The van der Waals surface area contributed by atoms with Gasteiger partial charge in [0, 0.05) is 5.56 Å². The first-order valence-corrected chi connectivity index (χ1v) is 8.76. The number of carbonyl (C=O) groups is 1. The van der Waals surface area contributed by atoms with Crippen molar-refractivity contribution in [2.75, 3.05) is 10.6 Å². The lowest BCUT2D eigenvalue weighted by atomic mass is 10.1. The highest BCUT2D eigenvalue weighted by Gasteiger charge is 2.18. The van der Waals surface area contributed by atoms with E-state index in [9.17, 15) is 13.2 Å². The number of Topliss-reactive ketones (excluding diaryl/α,β-unsaturated/α-hetero) is 1. The maximum absolute atomic E-state index is 12.1. The molecule has 5 heteroatoms. The zero-order chi connectivity index (χ0) is 16.3. The van der Waals surface area contributed by atoms with Gasteiger partial charge in [-0.3, -0.25) is 9.10 Å². The van der Waals surface area contributed by atoms with Gasteiger partial charge in [-0.25, -0.2) is 8.42 Å². The zero-order valence-corrected chi connectivity index (χ0v) is 13.7. The van der Waals surface area contributed by atoms with Crippen LogP contribution in [-0.2, 0) is 16.6 Å². The van der Waals surface area contributed by atoms with Crippen LogP contribution in [-0.4, -0.2) is 20.5 Å². The Bertz CT molecular complexity index is 763. The summed E-state index contributed by atoms with van der Waals surface area (Å²) in [6.07, 6.45) is 1.18. The molecular formula is C17H19NO3S. The van der Waals surface area contributed by atoms with Crippen LogP contribution >= 0.6 is 0 Å². The van der Waals surface area contributed by atoms with Crippen molar-refractivity contribution >= 4 is 21.5 Å². The average Bonchev–Trinajstić information content (AvgIpc) is 2.45. The highest BCUT2D eigenvalue weighted by molar-refractivity contribution is 7.92. The molecule has 4 nitrogen and oxygen atoms in total. The van der Waals surface area contributed by atoms with Crippen molar-refractivity contribution in [2.45, 2.75) is 20.4 Å². The van der Waals surface area contributed by atoms with Crippen LogP contribution < -0.4 is 4.31 Å². The summed E-state index contributed by atoms with van der Waals surface area (Å²) >= 11 is 0. The van der Waals surface area contributed by atoms with Crippen LogP contribution in [0.25, 0.3) is 0 Å². The molecule has 0 bridgehead atoms. The minimum atomic E-state index is -3.41. The number of hydrogen-bond acceptors (Lipinski definition) is 3. The molecule has 0 radical (unpaired) electrons. The minimum absolute atomic E-state index is 0.0454. The number of hydrogen-bond donors (Lipinski definition) is 0. The molecule has 0 spiro atoms. The number of carbonyl (C=O) groups excluding carboxylic acids is 1. The number of aryl methyl sites for hydroxylation is 1. The van der Waals surface area contributed by atoms with Gasteiger partial charge in [0.1, 0.15) is 0 Å². The van der Waals surface area contributed by atoms with E-state index in [1.807, 2.05) is 31.2 Å². The van der Waals surface area contributed by atoms with Crippen molar-refractivity contribution in [3.05, 3.63) is 65.2 Å². The first-order valence-electron chi connectivity index (χ1n) is 6.91. The molecule has 0 aromatic heterocycles. The van der Waals surface area contributed by atoms with E-state index in [-0.39, 0.29) is 12.3 Å². The van der Waals surface area contributed by atoms with Gasteiger partial charge in [-0.2, -0.15) is 0 Å². The number of benzene rings is 2. The molecule has 0 saturated carbocycles. The first-order chi connectivity index (χ1) is 10.3. The van der Waals surface area contributed by atoms with Crippen LogP contribution in [0.3, 0.4) is 0 Å². The summed E-state index contributed by atoms with van der Waals surface area (Å²) in [5, 5.41) is 0. The number of ketones is 1. The van der Waals surface area contributed by atoms with Gasteiger partial charge in [0.15, 0.2) is 5.78 Å². The molecule has 0 aliphatic heterocycles. The fraction of sp³-hybridized carbons (Fsp3) is 0.235. The molecule has 0 fully saturated rings. The molecule has 2 aromatic rings. The molecule has 22 heavy (non-hydrogen) atoms. The standard InChI is InChI=1S/C17H19NO3S/c1-13-4-6-15(7-5-13)12-18(22(3,20)21)17-10-8-16(9-11-17)14(2)19/h4-11H,12H2,1-3H3. The van der Waals surface area contributed by atoms with Gasteiger partial charge in [0.2, 0.25) is 10.0 Å². The predicted octanol–water partition coefficient (Wildman–Crippen LogP) is 3.16. The summed E-state index contributed by atoms with van der Waals surface area (Å²) in [5.41, 5.74) is 3.15. The second kappa shape index (κ2) is 6.32. The second-order valence-corrected chi connectivity index (χ2v) is 7.27. The molecule has 0 aliphatic rings. The molecule has 0 aliphatic carbocycles. The van der Waals surface area contributed by atoms with E-state index in [0.29, 0.717) is 11.3 Å². The van der Waals surface area contributed by atoms with E-state index in [2.05, 4.69) is 0 Å². The van der Waals surface area contributed by atoms with E-state index in [4.69, 9.17) is 0 Å². The normalized spacial score (nSPS) is 11.2. The lowest BCUT2D eigenvalue weighted by Crippen LogP contribution is -2.29. The van der Waals surface area contributed by atoms with Crippen molar-refractivity contribution < 1.29 is 13.2 Å². The number of nitrogens with zero attached hydrogens (tertiary/aromatic N) is 1. The van der Waals surface area contributed by atoms with E-state index in [1.54, 1.807) is 24.3 Å². The maximum atomic E-state index is 12.1. The van der Waals surface area contributed by atoms with Gasteiger partial charge in [-0.1, -0.05) is 29.8 Å². The number of anilines is 1. The molecule has 116 valence electrons. The highest BCUT2D eigenvalue weighted by Crippen LogP contribution is 2.21. The van der Waals surface area contributed by atoms with E-state index in [1.165, 1.54) is 17.5 Å². The summed E-state index contributed by atoms with van der Waals surface area (Å²) in [7, 11) is -3.41. The zero-order valence-electron chi connectivity index (χ0n) is 12.9.